The van der Waals surface area contributed by atoms with Crippen LogP contribution in [0.15, 0.2) is 30.3 Å². The summed E-state index contributed by atoms with van der Waals surface area (Å²) in [5.41, 5.74) is 2.22. The Morgan fingerprint density at radius 1 is 1.35 bits per heavy atom. The molecule has 1 saturated carbocycles. The standard InChI is InChI=1S/C17H23NO2/c1-2-18(12-15-4-3-5-15)13-16-8-6-14(7-9-16)10-11-17(19)20/h6-11,15H,2-5,12-13H2,1H3,(H,19,20)/b11-10+. The lowest BCUT2D eigenvalue weighted by Crippen LogP contribution is -2.32. The van der Waals surface area contributed by atoms with Crippen LogP contribution in [0.4, 0.5) is 0 Å². The third-order valence-corrected chi connectivity index (χ3v) is 3.99. The highest BCUT2D eigenvalue weighted by Gasteiger charge is 2.19. The van der Waals surface area contributed by atoms with Crippen LogP contribution in [0.3, 0.4) is 0 Å². The Hall–Kier alpha value is -1.61. The molecule has 1 aliphatic carbocycles. The van der Waals surface area contributed by atoms with Crippen LogP contribution in [-0.2, 0) is 11.3 Å². The maximum absolute atomic E-state index is 10.5. The lowest BCUT2D eigenvalue weighted by atomic mass is 9.85. The normalized spacial score (nSPS) is 15.7. The first-order valence-corrected chi connectivity index (χ1v) is 7.39. The molecular weight excluding hydrogens is 250 g/mol. The molecule has 0 atom stereocenters. The zero-order chi connectivity index (χ0) is 14.4. The highest BCUT2D eigenvalue weighted by molar-refractivity contribution is 5.85. The molecule has 3 heteroatoms. The number of rotatable bonds is 7. The first kappa shape index (κ1) is 14.8. The summed E-state index contributed by atoms with van der Waals surface area (Å²) in [6.07, 6.45) is 6.96. The molecule has 108 valence electrons. The molecule has 0 aliphatic heterocycles. The molecule has 1 fully saturated rings. The van der Waals surface area contributed by atoms with Gasteiger partial charge in [0.05, 0.1) is 0 Å². The first-order chi connectivity index (χ1) is 9.67. The van der Waals surface area contributed by atoms with Gasteiger partial charge < -0.3 is 5.11 Å². The summed E-state index contributed by atoms with van der Waals surface area (Å²) < 4.78 is 0. The number of carboxylic acids is 1. The second-order valence-electron chi connectivity index (χ2n) is 5.54. The number of hydrogen-bond donors (Lipinski definition) is 1. The molecule has 2 rings (SSSR count). The van der Waals surface area contributed by atoms with E-state index in [0.29, 0.717) is 0 Å². The van der Waals surface area contributed by atoms with Crippen LogP contribution < -0.4 is 0 Å². The Labute approximate surface area is 120 Å². The van der Waals surface area contributed by atoms with Gasteiger partial charge in [-0.05, 0) is 42.5 Å². The van der Waals surface area contributed by atoms with Crippen molar-refractivity contribution in [2.75, 3.05) is 13.1 Å². The van der Waals surface area contributed by atoms with Crippen LogP contribution in [0.25, 0.3) is 6.08 Å². The van der Waals surface area contributed by atoms with Gasteiger partial charge in [0.15, 0.2) is 0 Å². The summed E-state index contributed by atoms with van der Waals surface area (Å²) in [6, 6.07) is 8.13. The van der Waals surface area contributed by atoms with Crippen molar-refractivity contribution in [3.63, 3.8) is 0 Å². The van der Waals surface area contributed by atoms with E-state index in [2.05, 4.69) is 24.0 Å². The van der Waals surface area contributed by atoms with E-state index in [1.54, 1.807) is 6.08 Å². The molecule has 0 heterocycles. The number of carboxylic acid groups (broad SMARTS) is 1. The molecule has 0 bridgehead atoms. The van der Waals surface area contributed by atoms with Crippen molar-refractivity contribution in [1.29, 1.82) is 0 Å². The predicted octanol–water partition coefficient (Wildman–Crippen LogP) is 3.41. The van der Waals surface area contributed by atoms with E-state index in [-0.39, 0.29) is 0 Å². The lowest BCUT2D eigenvalue weighted by molar-refractivity contribution is -0.131. The van der Waals surface area contributed by atoms with Crippen LogP contribution >= 0.6 is 0 Å². The molecule has 1 aromatic rings. The highest BCUT2D eigenvalue weighted by atomic mass is 16.4. The van der Waals surface area contributed by atoms with Crippen molar-refractivity contribution in [2.45, 2.75) is 32.7 Å². The third kappa shape index (κ3) is 4.49. The van der Waals surface area contributed by atoms with Gasteiger partial charge in [0.2, 0.25) is 0 Å². The number of benzene rings is 1. The van der Waals surface area contributed by atoms with E-state index >= 15 is 0 Å². The van der Waals surface area contributed by atoms with E-state index < -0.39 is 5.97 Å². The molecule has 0 amide bonds. The number of hydrogen-bond acceptors (Lipinski definition) is 2. The van der Waals surface area contributed by atoms with Crippen molar-refractivity contribution < 1.29 is 9.90 Å². The molecule has 0 radical (unpaired) electrons. The van der Waals surface area contributed by atoms with Gasteiger partial charge in [0.1, 0.15) is 0 Å². The smallest absolute Gasteiger partial charge is 0.328 e. The summed E-state index contributed by atoms with van der Waals surface area (Å²) >= 11 is 0. The molecule has 0 unspecified atom stereocenters. The van der Waals surface area contributed by atoms with Crippen LogP contribution in [-0.4, -0.2) is 29.1 Å². The minimum Gasteiger partial charge on any atom is -0.478 e. The van der Waals surface area contributed by atoms with Crippen molar-refractivity contribution in [2.24, 2.45) is 5.92 Å². The number of nitrogens with zero attached hydrogens (tertiary/aromatic N) is 1. The lowest BCUT2D eigenvalue weighted by Gasteiger charge is -2.31. The Morgan fingerprint density at radius 3 is 2.55 bits per heavy atom. The topological polar surface area (TPSA) is 40.5 Å². The third-order valence-electron chi connectivity index (χ3n) is 3.99. The quantitative estimate of drug-likeness (QED) is 0.774. The average molecular weight is 273 g/mol. The van der Waals surface area contributed by atoms with Gasteiger partial charge in [-0.15, -0.1) is 0 Å². The SMILES string of the molecule is CCN(Cc1ccc(/C=C/C(=O)O)cc1)CC1CCC1. The minimum atomic E-state index is -0.910. The maximum Gasteiger partial charge on any atom is 0.328 e. The summed E-state index contributed by atoms with van der Waals surface area (Å²) in [7, 11) is 0. The van der Waals surface area contributed by atoms with Crippen LogP contribution in [0, 0.1) is 5.92 Å². The predicted molar refractivity (Wildman–Crippen MR) is 81.4 cm³/mol. The number of carbonyl (C=O) groups is 1. The molecule has 20 heavy (non-hydrogen) atoms. The minimum absolute atomic E-state index is 0.896. The van der Waals surface area contributed by atoms with Crippen LogP contribution in [0.5, 0.6) is 0 Å². The zero-order valence-corrected chi connectivity index (χ0v) is 12.1. The summed E-state index contributed by atoms with van der Waals surface area (Å²) in [6.45, 7) is 5.48. The molecular formula is C17H23NO2. The molecule has 3 nitrogen and oxygen atoms in total. The maximum atomic E-state index is 10.5. The second-order valence-corrected chi connectivity index (χ2v) is 5.54. The molecule has 0 spiro atoms. The van der Waals surface area contributed by atoms with Crippen molar-refractivity contribution in [1.82, 2.24) is 4.90 Å². The fourth-order valence-electron chi connectivity index (χ4n) is 2.51. The molecule has 1 aliphatic rings. The fraction of sp³-hybridized carbons (Fsp3) is 0.471. The largest absolute Gasteiger partial charge is 0.478 e. The monoisotopic (exact) mass is 273 g/mol. The van der Waals surface area contributed by atoms with Crippen LogP contribution in [0.2, 0.25) is 0 Å². The van der Waals surface area contributed by atoms with Gasteiger partial charge in [-0.25, -0.2) is 4.79 Å². The first-order valence-electron chi connectivity index (χ1n) is 7.39. The van der Waals surface area contributed by atoms with Gasteiger partial charge in [0.25, 0.3) is 0 Å². The molecule has 0 saturated heterocycles. The zero-order valence-electron chi connectivity index (χ0n) is 12.1. The highest BCUT2D eigenvalue weighted by Crippen LogP contribution is 2.27. The van der Waals surface area contributed by atoms with Gasteiger partial charge in [-0.3, -0.25) is 4.90 Å². The van der Waals surface area contributed by atoms with Crippen LogP contribution in [0.1, 0.15) is 37.3 Å². The second kappa shape index (κ2) is 7.25. The van der Waals surface area contributed by atoms with E-state index in [1.807, 2.05) is 12.1 Å². The van der Waals surface area contributed by atoms with Crippen molar-refractivity contribution >= 4 is 12.0 Å². The van der Waals surface area contributed by atoms with Crippen molar-refractivity contribution in [3.05, 3.63) is 41.5 Å². The molecule has 1 N–H and O–H groups in total. The Morgan fingerprint density at radius 2 is 2.05 bits per heavy atom. The van der Waals surface area contributed by atoms with Gasteiger partial charge in [-0.2, -0.15) is 0 Å². The van der Waals surface area contributed by atoms with Gasteiger partial charge in [0, 0.05) is 19.2 Å². The summed E-state index contributed by atoms with van der Waals surface area (Å²) in [4.78, 5) is 13.0. The van der Waals surface area contributed by atoms with Crippen molar-refractivity contribution in [3.8, 4) is 0 Å². The average Bonchev–Trinajstić information content (AvgIpc) is 2.40. The summed E-state index contributed by atoms with van der Waals surface area (Å²) in [5, 5.41) is 8.60. The summed E-state index contributed by atoms with van der Waals surface area (Å²) in [5.74, 6) is -0.0144. The van der Waals surface area contributed by atoms with Gasteiger partial charge >= 0.3 is 5.97 Å². The van der Waals surface area contributed by atoms with Gasteiger partial charge in [-0.1, -0.05) is 37.6 Å². The Kier molecular flexibility index (Phi) is 5.36. The van der Waals surface area contributed by atoms with E-state index in [4.69, 9.17) is 5.11 Å². The fourth-order valence-corrected chi connectivity index (χ4v) is 2.51. The molecule has 1 aromatic carbocycles. The van der Waals surface area contributed by atoms with E-state index in [9.17, 15) is 4.79 Å². The Balaban J connectivity index is 1.89. The van der Waals surface area contributed by atoms with E-state index in [1.165, 1.54) is 37.4 Å². The number of aliphatic carboxylic acids is 1. The Bertz CT molecular complexity index is 460. The molecule has 0 aromatic heterocycles. The van der Waals surface area contributed by atoms with E-state index in [0.717, 1.165) is 24.6 Å².